The van der Waals surface area contributed by atoms with Gasteiger partial charge in [0.15, 0.2) is 0 Å². The number of hydrogen-bond donors (Lipinski definition) is 1. The number of imide groups is 2. The van der Waals surface area contributed by atoms with Gasteiger partial charge in [-0.15, -0.1) is 0 Å². The average Bonchev–Trinajstić information content (AvgIpc) is 3.64. The molecular weight excluding hydrogens is 532 g/mol. The fourth-order valence-electron chi connectivity index (χ4n) is 7.79. The van der Waals surface area contributed by atoms with Crippen LogP contribution in [0.15, 0.2) is 89.4 Å². The number of hydrogen-bond acceptors (Lipinski definition) is 6. The zero-order valence-corrected chi connectivity index (χ0v) is 23.1. The number of aliphatic hydroxyl groups is 1. The highest BCUT2D eigenvalue weighted by Crippen LogP contribution is 2.63. The molecule has 3 fully saturated rings. The van der Waals surface area contributed by atoms with Crippen LogP contribution in [-0.4, -0.2) is 28.7 Å². The first kappa shape index (κ1) is 26.3. The summed E-state index contributed by atoms with van der Waals surface area (Å²) in [6.07, 6.45) is 4.29. The van der Waals surface area contributed by atoms with Crippen LogP contribution in [0.4, 0.5) is 11.4 Å². The molecule has 0 bridgehead atoms. The minimum atomic E-state index is -1.18. The zero-order valence-electron chi connectivity index (χ0n) is 23.1. The van der Waals surface area contributed by atoms with E-state index in [0.29, 0.717) is 29.3 Å². The number of amides is 4. The fourth-order valence-corrected chi connectivity index (χ4v) is 7.79. The van der Waals surface area contributed by atoms with Crippen LogP contribution in [0.25, 0.3) is 6.08 Å². The Morgan fingerprint density at radius 2 is 1.62 bits per heavy atom. The molecule has 2 aliphatic carbocycles. The highest BCUT2D eigenvalue weighted by atomic mass is 16.4. The van der Waals surface area contributed by atoms with Crippen molar-refractivity contribution in [2.45, 2.75) is 32.3 Å². The molecule has 6 atom stereocenters. The Bertz CT molecular complexity index is 1670. The summed E-state index contributed by atoms with van der Waals surface area (Å²) in [5.74, 6) is -3.40. The van der Waals surface area contributed by atoms with E-state index in [9.17, 15) is 24.3 Å². The SMILES string of the molecule is C=Cc1ccc(N2C(=O)C3CC=C4C(CC5C(=O)N(c6ccccc6)C(=O)C5(C)C4c4ccc(CO)o4)C3C2=O)cc1. The number of fused-ring (bicyclic) bond motifs is 4. The van der Waals surface area contributed by atoms with Crippen LogP contribution >= 0.6 is 0 Å². The Kier molecular flexibility index (Phi) is 5.95. The number of nitrogens with zero attached hydrogens (tertiary/aromatic N) is 2. The third kappa shape index (κ3) is 3.51. The van der Waals surface area contributed by atoms with E-state index in [1.807, 2.05) is 31.2 Å². The minimum absolute atomic E-state index is 0.253. The van der Waals surface area contributed by atoms with Gasteiger partial charge in [0, 0.05) is 0 Å². The van der Waals surface area contributed by atoms with E-state index < -0.39 is 35.0 Å². The highest BCUT2D eigenvalue weighted by Gasteiger charge is 2.68. The molecule has 4 aliphatic rings. The van der Waals surface area contributed by atoms with E-state index in [-0.39, 0.29) is 36.7 Å². The summed E-state index contributed by atoms with van der Waals surface area (Å²) in [6.45, 7) is 5.27. The maximum Gasteiger partial charge on any atom is 0.241 e. The second-order valence-corrected chi connectivity index (χ2v) is 11.8. The molecule has 8 heteroatoms. The number of rotatable bonds is 5. The largest absolute Gasteiger partial charge is 0.463 e. The topological polar surface area (TPSA) is 108 Å². The number of carbonyl (C=O) groups is 4. The van der Waals surface area contributed by atoms with Gasteiger partial charge in [-0.1, -0.05) is 54.6 Å². The number of furan rings is 1. The summed E-state index contributed by atoms with van der Waals surface area (Å²) in [6, 6.07) is 19.4. The first-order chi connectivity index (χ1) is 20.3. The van der Waals surface area contributed by atoms with E-state index in [2.05, 4.69) is 6.58 Å². The molecule has 212 valence electrons. The molecule has 1 N–H and O–H groups in total. The maximum absolute atomic E-state index is 14.3. The van der Waals surface area contributed by atoms with Crippen LogP contribution in [0.2, 0.25) is 0 Å². The van der Waals surface area contributed by atoms with E-state index in [1.165, 1.54) is 9.80 Å². The Hall–Kier alpha value is -4.56. The van der Waals surface area contributed by atoms with E-state index >= 15 is 0 Å². The molecule has 1 saturated carbocycles. The van der Waals surface area contributed by atoms with Gasteiger partial charge in [0.2, 0.25) is 23.6 Å². The molecule has 4 amide bonds. The van der Waals surface area contributed by atoms with Gasteiger partial charge >= 0.3 is 0 Å². The molecule has 2 aliphatic heterocycles. The summed E-state index contributed by atoms with van der Waals surface area (Å²) >= 11 is 0. The molecular formula is C34H30N2O6. The Balaban J connectivity index is 1.34. The molecule has 2 saturated heterocycles. The Morgan fingerprint density at radius 3 is 2.29 bits per heavy atom. The molecule has 3 heterocycles. The van der Waals surface area contributed by atoms with Crippen LogP contribution < -0.4 is 9.80 Å². The van der Waals surface area contributed by atoms with Crippen molar-refractivity contribution < 1.29 is 28.7 Å². The lowest BCUT2D eigenvalue weighted by Gasteiger charge is -2.48. The van der Waals surface area contributed by atoms with E-state index in [4.69, 9.17) is 4.42 Å². The lowest BCUT2D eigenvalue weighted by Crippen LogP contribution is -2.48. The van der Waals surface area contributed by atoms with Crippen LogP contribution in [0.5, 0.6) is 0 Å². The molecule has 7 rings (SSSR count). The number of carbonyl (C=O) groups excluding carboxylic acids is 4. The van der Waals surface area contributed by atoms with Gasteiger partial charge in [-0.3, -0.25) is 24.1 Å². The lowest BCUT2D eigenvalue weighted by molar-refractivity contribution is -0.131. The van der Waals surface area contributed by atoms with Gasteiger partial charge in [-0.05, 0) is 67.6 Å². The van der Waals surface area contributed by atoms with Crippen LogP contribution in [-0.2, 0) is 25.8 Å². The van der Waals surface area contributed by atoms with Crippen LogP contribution in [0.3, 0.4) is 0 Å². The third-order valence-corrected chi connectivity index (χ3v) is 9.80. The first-order valence-electron chi connectivity index (χ1n) is 14.2. The van der Waals surface area contributed by atoms with Crippen molar-refractivity contribution in [2.24, 2.45) is 29.1 Å². The van der Waals surface area contributed by atoms with Gasteiger partial charge in [0.25, 0.3) is 0 Å². The number of aliphatic hydroxyl groups excluding tert-OH is 1. The smallest absolute Gasteiger partial charge is 0.241 e. The molecule has 2 aromatic carbocycles. The maximum atomic E-state index is 14.3. The highest BCUT2D eigenvalue weighted by molar-refractivity contribution is 6.25. The summed E-state index contributed by atoms with van der Waals surface area (Å²) < 4.78 is 6.05. The first-order valence-corrected chi connectivity index (χ1v) is 14.2. The standard InChI is InChI=1S/C34H30N2O6/c1-3-19-9-11-21(12-10-19)35-30(38)24-15-14-23-25(28(24)32(35)40)17-26-31(39)36(20-7-5-4-6-8-20)33(41)34(26,2)29(23)27-16-13-22(18-37)42-27/h3-14,16,24-26,28-29,37H,1,15,17-18H2,2H3. The molecule has 0 spiro atoms. The van der Waals surface area contributed by atoms with Crippen molar-refractivity contribution in [3.8, 4) is 0 Å². The van der Waals surface area contributed by atoms with Crippen molar-refractivity contribution in [3.63, 3.8) is 0 Å². The molecule has 0 radical (unpaired) electrons. The van der Waals surface area contributed by atoms with Crippen molar-refractivity contribution in [1.82, 2.24) is 0 Å². The molecule has 8 nitrogen and oxygen atoms in total. The second kappa shape index (κ2) is 9.49. The summed E-state index contributed by atoms with van der Waals surface area (Å²) in [4.78, 5) is 58.7. The Labute approximate surface area is 242 Å². The monoisotopic (exact) mass is 562 g/mol. The van der Waals surface area contributed by atoms with Crippen molar-refractivity contribution in [1.29, 1.82) is 0 Å². The summed E-state index contributed by atoms with van der Waals surface area (Å²) in [7, 11) is 0. The summed E-state index contributed by atoms with van der Waals surface area (Å²) in [5.41, 5.74) is 1.54. The van der Waals surface area contributed by atoms with Gasteiger partial charge < -0.3 is 9.52 Å². The predicted molar refractivity (Wildman–Crippen MR) is 155 cm³/mol. The van der Waals surface area contributed by atoms with Gasteiger partial charge in [0.1, 0.15) is 18.1 Å². The van der Waals surface area contributed by atoms with Crippen LogP contribution in [0, 0.1) is 29.1 Å². The lowest BCUT2D eigenvalue weighted by atomic mass is 9.52. The van der Waals surface area contributed by atoms with Crippen LogP contribution in [0.1, 0.15) is 42.8 Å². The molecule has 3 aromatic rings. The molecule has 1 aromatic heterocycles. The number of benzene rings is 2. The third-order valence-electron chi connectivity index (χ3n) is 9.80. The second-order valence-electron chi connectivity index (χ2n) is 11.8. The minimum Gasteiger partial charge on any atom is -0.463 e. The van der Waals surface area contributed by atoms with Crippen molar-refractivity contribution >= 4 is 41.1 Å². The van der Waals surface area contributed by atoms with Gasteiger partial charge in [-0.2, -0.15) is 0 Å². The predicted octanol–water partition coefficient (Wildman–Crippen LogP) is 4.85. The fraction of sp³-hybridized carbons (Fsp3) is 0.294. The summed E-state index contributed by atoms with van der Waals surface area (Å²) in [5, 5.41) is 9.74. The molecule has 42 heavy (non-hydrogen) atoms. The Morgan fingerprint density at radius 1 is 0.905 bits per heavy atom. The average molecular weight is 563 g/mol. The zero-order chi connectivity index (χ0) is 29.3. The van der Waals surface area contributed by atoms with Gasteiger partial charge in [0.05, 0.1) is 40.5 Å². The van der Waals surface area contributed by atoms with E-state index in [0.717, 1.165) is 11.1 Å². The van der Waals surface area contributed by atoms with Gasteiger partial charge in [-0.25, -0.2) is 4.90 Å². The number of anilines is 2. The number of allylic oxidation sites excluding steroid dienone is 2. The van der Waals surface area contributed by atoms with Crippen molar-refractivity contribution in [2.75, 3.05) is 9.80 Å². The quantitative estimate of drug-likeness (QED) is 0.352. The van der Waals surface area contributed by atoms with Crippen molar-refractivity contribution in [3.05, 3.63) is 102 Å². The normalized spacial score (nSPS) is 30.2. The van der Waals surface area contributed by atoms with E-state index in [1.54, 1.807) is 54.6 Å². The molecule has 6 unspecified atom stereocenters. The number of para-hydroxylation sites is 1.